The first-order valence-electron chi connectivity index (χ1n) is 4.90. The summed E-state index contributed by atoms with van der Waals surface area (Å²) in [5, 5.41) is 6.79. The highest BCUT2D eigenvalue weighted by atomic mass is 16.1. The molecule has 1 unspecified atom stereocenters. The molecule has 0 fully saturated rings. The predicted molar refractivity (Wildman–Crippen MR) is 58.2 cm³/mol. The molecule has 1 heterocycles. The third-order valence-electron chi connectivity index (χ3n) is 2.16. The zero-order valence-corrected chi connectivity index (χ0v) is 9.03. The van der Waals surface area contributed by atoms with Crippen LogP contribution in [-0.4, -0.2) is 21.7 Å². The Kier molecular flexibility index (Phi) is 3.92. The maximum absolute atomic E-state index is 11.7. The van der Waals surface area contributed by atoms with E-state index in [0.717, 1.165) is 6.42 Å². The highest BCUT2D eigenvalue weighted by molar-refractivity contribution is 5.93. The molecule has 1 aromatic rings. The summed E-state index contributed by atoms with van der Waals surface area (Å²) < 4.78 is 1.59. The monoisotopic (exact) mass is 205 g/mol. The molecule has 0 aliphatic carbocycles. The van der Waals surface area contributed by atoms with Gasteiger partial charge in [-0.2, -0.15) is 5.10 Å². The van der Waals surface area contributed by atoms with Crippen LogP contribution in [-0.2, 0) is 7.05 Å². The minimum Gasteiger partial charge on any atom is -0.348 e. The van der Waals surface area contributed by atoms with Gasteiger partial charge in [-0.25, -0.2) is 0 Å². The van der Waals surface area contributed by atoms with E-state index in [1.807, 2.05) is 6.92 Å². The summed E-state index contributed by atoms with van der Waals surface area (Å²) in [5.41, 5.74) is 0.563. The van der Waals surface area contributed by atoms with E-state index in [4.69, 9.17) is 6.42 Å². The van der Waals surface area contributed by atoms with E-state index in [9.17, 15) is 4.79 Å². The summed E-state index contributed by atoms with van der Waals surface area (Å²) in [6.07, 6.45) is 9.81. The maximum Gasteiger partial charge on any atom is 0.254 e. The van der Waals surface area contributed by atoms with E-state index in [1.165, 1.54) is 6.20 Å². The van der Waals surface area contributed by atoms with Crippen molar-refractivity contribution in [2.24, 2.45) is 7.05 Å². The van der Waals surface area contributed by atoms with Crippen molar-refractivity contribution in [1.82, 2.24) is 15.1 Å². The van der Waals surface area contributed by atoms with E-state index in [-0.39, 0.29) is 11.9 Å². The van der Waals surface area contributed by atoms with Crippen molar-refractivity contribution >= 4 is 5.91 Å². The number of hydrogen-bond donors (Lipinski definition) is 1. The topological polar surface area (TPSA) is 46.9 Å². The van der Waals surface area contributed by atoms with Gasteiger partial charge in [0.05, 0.1) is 11.8 Å². The molecule has 0 spiro atoms. The summed E-state index contributed by atoms with van der Waals surface area (Å²) in [6, 6.07) is 0.0442. The molecule has 0 radical (unpaired) electrons. The molecule has 0 aliphatic rings. The van der Waals surface area contributed by atoms with Crippen LogP contribution in [0.2, 0.25) is 0 Å². The van der Waals surface area contributed by atoms with E-state index in [2.05, 4.69) is 16.3 Å². The van der Waals surface area contributed by atoms with Gasteiger partial charge in [0.1, 0.15) is 0 Å². The molecule has 0 saturated carbocycles. The van der Waals surface area contributed by atoms with Gasteiger partial charge in [-0.05, 0) is 6.42 Å². The van der Waals surface area contributed by atoms with Crippen LogP contribution in [0.4, 0.5) is 0 Å². The summed E-state index contributed by atoms with van der Waals surface area (Å²) in [7, 11) is 1.77. The Labute approximate surface area is 89.7 Å². The number of nitrogens with one attached hydrogen (secondary N) is 1. The third kappa shape index (κ3) is 3.13. The summed E-state index contributed by atoms with van der Waals surface area (Å²) >= 11 is 0. The normalized spacial score (nSPS) is 11.8. The van der Waals surface area contributed by atoms with E-state index in [0.29, 0.717) is 12.0 Å². The molecule has 0 aromatic carbocycles. The van der Waals surface area contributed by atoms with Crippen LogP contribution in [0.15, 0.2) is 12.4 Å². The molecule has 1 rings (SSSR count). The number of carbonyl (C=O) groups is 1. The highest BCUT2D eigenvalue weighted by Crippen LogP contribution is 2.01. The van der Waals surface area contributed by atoms with Gasteiger partial charge in [0.2, 0.25) is 0 Å². The first-order chi connectivity index (χ1) is 7.17. The SMILES string of the molecule is C#CCC(CC)NC(=O)c1cnn(C)c1. The molecule has 80 valence electrons. The number of terminal acetylenes is 1. The molecule has 1 N–H and O–H groups in total. The van der Waals surface area contributed by atoms with E-state index in [1.54, 1.807) is 17.9 Å². The molecule has 0 saturated heterocycles. The number of nitrogens with zero attached hydrogens (tertiary/aromatic N) is 2. The van der Waals surface area contributed by atoms with Crippen molar-refractivity contribution < 1.29 is 4.79 Å². The van der Waals surface area contributed by atoms with Crippen molar-refractivity contribution in [3.8, 4) is 12.3 Å². The second kappa shape index (κ2) is 5.20. The van der Waals surface area contributed by atoms with Gasteiger partial charge in [0.15, 0.2) is 0 Å². The van der Waals surface area contributed by atoms with Gasteiger partial charge in [-0.15, -0.1) is 12.3 Å². The predicted octanol–water partition coefficient (Wildman–Crippen LogP) is 0.952. The lowest BCUT2D eigenvalue weighted by atomic mass is 10.1. The maximum atomic E-state index is 11.7. The van der Waals surface area contributed by atoms with Crippen LogP contribution in [0.25, 0.3) is 0 Å². The minimum absolute atomic E-state index is 0.0442. The molecule has 15 heavy (non-hydrogen) atoms. The first-order valence-corrected chi connectivity index (χ1v) is 4.90. The van der Waals surface area contributed by atoms with Gasteiger partial charge >= 0.3 is 0 Å². The van der Waals surface area contributed by atoms with Gasteiger partial charge in [-0.1, -0.05) is 6.92 Å². The average molecular weight is 205 g/mol. The van der Waals surface area contributed by atoms with Gasteiger partial charge in [0, 0.05) is 25.7 Å². The van der Waals surface area contributed by atoms with Crippen molar-refractivity contribution in [2.45, 2.75) is 25.8 Å². The average Bonchev–Trinajstić information content (AvgIpc) is 2.64. The highest BCUT2D eigenvalue weighted by Gasteiger charge is 2.12. The Morgan fingerprint density at radius 3 is 3.00 bits per heavy atom. The molecule has 1 aromatic heterocycles. The number of aryl methyl sites for hydroxylation is 1. The van der Waals surface area contributed by atoms with Crippen LogP contribution in [0.3, 0.4) is 0 Å². The standard InChI is InChI=1S/C11H15N3O/c1-4-6-10(5-2)13-11(15)9-7-12-14(3)8-9/h1,7-8,10H,5-6H2,2-3H3,(H,13,15). The largest absolute Gasteiger partial charge is 0.348 e. The zero-order valence-electron chi connectivity index (χ0n) is 9.03. The smallest absolute Gasteiger partial charge is 0.254 e. The summed E-state index contributed by atoms with van der Waals surface area (Å²) in [5.74, 6) is 2.43. The third-order valence-corrected chi connectivity index (χ3v) is 2.16. The fraction of sp³-hybridized carbons (Fsp3) is 0.455. The second-order valence-electron chi connectivity index (χ2n) is 3.39. The molecule has 4 nitrogen and oxygen atoms in total. The Bertz CT molecular complexity index is 375. The Morgan fingerprint density at radius 2 is 2.53 bits per heavy atom. The molecular weight excluding hydrogens is 190 g/mol. The van der Waals surface area contributed by atoms with Crippen LogP contribution in [0.5, 0.6) is 0 Å². The number of rotatable bonds is 4. The quantitative estimate of drug-likeness (QED) is 0.744. The number of aromatic nitrogens is 2. The Morgan fingerprint density at radius 1 is 1.80 bits per heavy atom. The lowest BCUT2D eigenvalue weighted by Gasteiger charge is -2.12. The van der Waals surface area contributed by atoms with Gasteiger partial charge in [0.25, 0.3) is 5.91 Å². The fourth-order valence-corrected chi connectivity index (χ4v) is 1.25. The van der Waals surface area contributed by atoms with E-state index >= 15 is 0 Å². The van der Waals surface area contributed by atoms with Gasteiger partial charge in [-0.3, -0.25) is 9.48 Å². The Hall–Kier alpha value is -1.76. The molecule has 0 aliphatic heterocycles. The van der Waals surface area contributed by atoms with Gasteiger partial charge < -0.3 is 5.32 Å². The van der Waals surface area contributed by atoms with E-state index < -0.39 is 0 Å². The minimum atomic E-state index is -0.120. The van der Waals surface area contributed by atoms with Crippen molar-refractivity contribution in [2.75, 3.05) is 0 Å². The summed E-state index contributed by atoms with van der Waals surface area (Å²) in [6.45, 7) is 1.99. The van der Waals surface area contributed by atoms with Crippen molar-refractivity contribution in [3.05, 3.63) is 18.0 Å². The second-order valence-corrected chi connectivity index (χ2v) is 3.39. The molecule has 1 amide bonds. The number of amides is 1. The molecule has 0 bridgehead atoms. The Balaban J connectivity index is 2.59. The summed E-state index contributed by atoms with van der Waals surface area (Å²) in [4.78, 5) is 11.7. The van der Waals surface area contributed by atoms with Crippen LogP contribution in [0.1, 0.15) is 30.1 Å². The van der Waals surface area contributed by atoms with Crippen LogP contribution in [0, 0.1) is 12.3 Å². The number of carbonyl (C=O) groups excluding carboxylic acids is 1. The van der Waals surface area contributed by atoms with Crippen molar-refractivity contribution in [1.29, 1.82) is 0 Å². The first kappa shape index (κ1) is 11.3. The lowest BCUT2D eigenvalue weighted by Crippen LogP contribution is -2.33. The lowest BCUT2D eigenvalue weighted by molar-refractivity contribution is 0.0936. The molecule has 4 heteroatoms. The van der Waals surface area contributed by atoms with Crippen LogP contribution < -0.4 is 5.32 Å². The molecular formula is C11H15N3O. The fourth-order valence-electron chi connectivity index (χ4n) is 1.25. The zero-order chi connectivity index (χ0) is 11.3. The van der Waals surface area contributed by atoms with Crippen LogP contribution >= 0.6 is 0 Å². The number of hydrogen-bond acceptors (Lipinski definition) is 2. The molecule has 1 atom stereocenters. The van der Waals surface area contributed by atoms with Crippen molar-refractivity contribution in [3.63, 3.8) is 0 Å².